The molecule has 0 aliphatic rings. The predicted octanol–water partition coefficient (Wildman–Crippen LogP) is 0.172. The Morgan fingerprint density at radius 3 is 1.29 bits per heavy atom. The van der Waals surface area contributed by atoms with E-state index in [0.29, 0.717) is 24.8 Å². The number of hydrogen-bond acceptors (Lipinski definition) is 6. The maximum Gasteiger partial charge on any atom is 0.176 e. The van der Waals surface area contributed by atoms with Crippen LogP contribution in [0.1, 0.15) is 6.42 Å². The van der Waals surface area contributed by atoms with Gasteiger partial charge in [-0.3, -0.25) is 9.98 Å². The van der Waals surface area contributed by atoms with Crippen molar-refractivity contribution in [3.63, 3.8) is 0 Å². The molecule has 128 valence electrons. The van der Waals surface area contributed by atoms with Gasteiger partial charge in [-0.05, 0) is 0 Å². The fraction of sp³-hybridized carbons (Fsp3) is 0.818. The first-order chi connectivity index (χ1) is 9.07. The first-order valence-electron chi connectivity index (χ1n) is 5.76. The highest BCUT2D eigenvalue weighted by atomic mass is 35.5. The summed E-state index contributed by atoms with van der Waals surface area (Å²) in [5.41, 5.74) is 11.4. The second-order valence-corrected chi connectivity index (χ2v) is 3.64. The Bertz CT molecular complexity index is 270. The molecular formula is C11H26Cl2N4O4. The quantitative estimate of drug-likeness (QED) is 0.330. The van der Waals surface area contributed by atoms with Crippen molar-refractivity contribution >= 4 is 36.5 Å². The van der Waals surface area contributed by atoms with Gasteiger partial charge in [0.25, 0.3) is 0 Å². The molecule has 8 nitrogen and oxygen atoms in total. The minimum Gasteiger partial charge on any atom is -0.387 e. The van der Waals surface area contributed by atoms with Crippen molar-refractivity contribution in [3.05, 3.63) is 0 Å². The topological polar surface area (TPSA) is 114 Å². The van der Waals surface area contributed by atoms with Crippen molar-refractivity contribution in [2.75, 3.05) is 41.5 Å². The highest BCUT2D eigenvalue weighted by Crippen LogP contribution is 1.94. The lowest BCUT2D eigenvalue weighted by Crippen LogP contribution is -2.27. The Hall–Kier alpha value is -0.640. The number of nitrogens with zero attached hydrogens (tertiary/aromatic N) is 2. The molecule has 0 saturated heterocycles. The Balaban J connectivity index is -0.00000162. The molecule has 10 heteroatoms. The van der Waals surface area contributed by atoms with Crippen LogP contribution in [0.15, 0.2) is 9.98 Å². The normalized spacial score (nSPS) is 12.3. The minimum atomic E-state index is -0.414. The Morgan fingerprint density at radius 2 is 1.05 bits per heavy atom. The van der Waals surface area contributed by atoms with Crippen LogP contribution in [-0.2, 0) is 18.9 Å². The van der Waals surface area contributed by atoms with E-state index in [2.05, 4.69) is 9.98 Å². The zero-order valence-electron chi connectivity index (χ0n) is 12.8. The summed E-state index contributed by atoms with van der Waals surface area (Å²) in [4.78, 5) is 8.19. The molecule has 0 radical (unpaired) electrons. The molecule has 21 heavy (non-hydrogen) atoms. The van der Waals surface area contributed by atoms with Crippen LogP contribution in [0.4, 0.5) is 0 Å². The maximum atomic E-state index is 5.72. The van der Waals surface area contributed by atoms with E-state index in [0.717, 1.165) is 0 Å². The summed E-state index contributed by atoms with van der Waals surface area (Å²) in [7, 11) is 6.13. The van der Waals surface area contributed by atoms with Crippen molar-refractivity contribution in [1.29, 1.82) is 0 Å². The molecule has 0 rings (SSSR count). The van der Waals surface area contributed by atoms with Gasteiger partial charge in [0, 0.05) is 28.4 Å². The lowest BCUT2D eigenvalue weighted by atomic mass is 10.3. The van der Waals surface area contributed by atoms with Gasteiger partial charge in [0.1, 0.15) is 11.7 Å². The highest BCUT2D eigenvalue weighted by Gasteiger charge is 2.06. The molecule has 0 spiro atoms. The molecule has 0 fully saturated rings. The number of ether oxygens (including phenoxy) is 4. The van der Waals surface area contributed by atoms with Gasteiger partial charge in [-0.1, -0.05) is 0 Å². The number of aliphatic imine (C=N–C) groups is 2. The summed E-state index contributed by atoms with van der Waals surface area (Å²) in [6.45, 7) is 0.621. The van der Waals surface area contributed by atoms with Crippen molar-refractivity contribution in [2.45, 2.75) is 19.0 Å². The van der Waals surface area contributed by atoms with E-state index in [1.807, 2.05) is 0 Å². The van der Waals surface area contributed by atoms with Crippen LogP contribution in [0.5, 0.6) is 0 Å². The fourth-order valence-corrected chi connectivity index (χ4v) is 1.17. The van der Waals surface area contributed by atoms with Gasteiger partial charge in [0.05, 0.1) is 19.5 Å². The van der Waals surface area contributed by atoms with E-state index in [1.165, 1.54) is 28.4 Å². The molecule has 0 heterocycles. The van der Waals surface area contributed by atoms with Gasteiger partial charge in [-0.25, -0.2) is 0 Å². The number of methoxy groups -OCH3 is 4. The van der Waals surface area contributed by atoms with Crippen LogP contribution < -0.4 is 11.5 Å². The summed E-state index contributed by atoms with van der Waals surface area (Å²) in [6.07, 6.45) is -0.550. The van der Waals surface area contributed by atoms with Gasteiger partial charge in [-0.2, -0.15) is 0 Å². The molecule has 0 bridgehead atoms. The molecule has 0 aromatic rings. The number of hydrogen-bond donors (Lipinski definition) is 2. The molecule has 0 aliphatic heterocycles. The van der Waals surface area contributed by atoms with Crippen LogP contribution in [0, 0.1) is 0 Å². The molecule has 0 aromatic heterocycles. The lowest BCUT2D eigenvalue weighted by molar-refractivity contribution is -0.0937. The van der Waals surface area contributed by atoms with E-state index in [1.54, 1.807) is 0 Å². The van der Waals surface area contributed by atoms with E-state index in [9.17, 15) is 0 Å². The second kappa shape index (κ2) is 15.7. The largest absolute Gasteiger partial charge is 0.387 e. The van der Waals surface area contributed by atoms with Gasteiger partial charge in [0.15, 0.2) is 12.6 Å². The smallest absolute Gasteiger partial charge is 0.176 e. The number of rotatable bonds is 10. The third-order valence-corrected chi connectivity index (χ3v) is 2.30. The molecule has 0 amide bonds. The predicted molar refractivity (Wildman–Crippen MR) is 87.7 cm³/mol. The van der Waals surface area contributed by atoms with Gasteiger partial charge < -0.3 is 30.4 Å². The molecule has 0 saturated carbocycles. The van der Waals surface area contributed by atoms with Crippen molar-refractivity contribution < 1.29 is 18.9 Å². The zero-order valence-corrected chi connectivity index (χ0v) is 14.4. The molecule has 0 aliphatic carbocycles. The Labute approximate surface area is 138 Å². The van der Waals surface area contributed by atoms with Gasteiger partial charge >= 0.3 is 0 Å². The summed E-state index contributed by atoms with van der Waals surface area (Å²) < 4.78 is 19.9. The third-order valence-electron chi connectivity index (χ3n) is 2.30. The number of nitrogens with two attached hydrogens (primary N) is 2. The first kappa shape index (κ1) is 25.3. The SMILES string of the molecule is COC(CN=C(N)CC(N)=NCC(OC)OC)OC.Cl.Cl. The molecule has 4 N–H and O–H groups in total. The Morgan fingerprint density at radius 1 is 0.762 bits per heavy atom. The fourth-order valence-electron chi connectivity index (χ4n) is 1.17. The van der Waals surface area contributed by atoms with E-state index >= 15 is 0 Å². The minimum absolute atomic E-state index is 0. The standard InChI is InChI=1S/C11H24N4O4.2ClH/c1-16-10(17-2)6-14-8(12)5-9(13)15-7-11(18-3)19-4;;/h10-11H,5-7H2,1-4H3,(H2,12,14)(H2,13,15);2*1H. The number of amidine groups is 2. The van der Waals surface area contributed by atoms with Crippen LogP contribution in [0.3, 0.4) is 0 Å². The number of halogens is 2. The second-order valence-electron chi connectivity index (χ2n) is 3.64. The summed E-state index contributed by atoms with van der Waals surface area (Å²) >= 11 is 0. The monoisotopic (exact) mass is 348 g/mol. The zero-order chi connectivity index (χ0) is 14.7. The van der Waals surface area contributed by atoms with E-state index in [4.69, 9.17) is 30.4 Å². The summed E-state index contributed by atoms with van der Waals surface area (Å²) in [5, 5.41) is 0. The van der Waals surface area contributed by atoms with Gasteiger partial charge in [-0.15, -0.1) is 24.8 Å². The molecule has 0 aromatic carbocycles. The van der Waals surface area contributed by atoms with E-state index in [-0.39, 0.29) is 31.2 Å². The van der Waals surface area contributed by atoms with Crippen molar-refractivity contribution in [3.8, 4) is 0 Å². The molecule has 0 unspecified atom stereocenters. The lowest BCUT2D eigenvalue weighted by Gasteiger charge is -2.11. The third kappa shape index (κ3) is 12.8. The van der Waals surface area contributed by atoms with Crippen LogP contribution in [0.25, 0.3) is 0 Å². The van der Waals surface area contributed by atoms with Crippen LogP contribution in [0.2, 0.25) is 0 Å². The van der Waals surface area contributed by atoms with Crippen molar-refractivity contribution in [1.82, 2.24) is 0 Å². The highest BCUT2D eigenvalue weighted by molar-refractivity contribution is 6.00. The maximum absolute atomic E-state index is 5.72. The van der Waals surface area contributed by atoms with Crippen LogP contribution in [-0.4, -0.2) is 65.8 Å². The Kier molecular flexibility index (Phi) is 19.0. The molecule has 0 atom stereocenters. The van der Waals surface area contributed by atoms with Crippen molar-refractivity contribution in [2.24, 2.45) is 21.5 Å². The average Bonchev–Trinajstić information content (AvgIpc) is 2.41. The molecular weight excluding hydrogens is 323 g/mol. The first-order valence-corrected chi connectivity index (χ1v) is 5.76. The summed E-state index contributed by atoms with van der Waals surface area (Å²) in [6, 6.07) is 0. The van der Waals surface area contributed by atoms with Gasteiger partial charge in [0.2, 0.25) is 0 Å². The average molecular weight is 349 g/mol. The van der Waals surface area contributed by atoms with E-state index < -0.39 is 12.6 Å². The van der Waals surface area contributed by atoms with Crippen LogP contribution >= 0.6 is 24.8 Å². The summed E-state index contributed by atoms with van der Waals surface area (Å²) in [5.74, 6) is 0.735.